The van der Waals surface area contributed by atoms with Crippen molar-refractivity contribution in [1.29, 1.82) is 0 Å². The molecular weight excluding hydrogens is 459 g/mol. The van der Waals surface area contributed by atoms with Gasteiger partial charge < -0.3 is 14.4 Å². The van der Waals surface area contributed by atoms with Crippen molar-refractivity contribution in [2.45, 2.75) is 31.8 Å². The van der Waals surface area contributed by atoms with Crippen LogP contribution < -0.4 is 4.74 Å². The van der Waals surface area contributed by atoms with E-state index >= 15 is 0 Å². The van der Waals surface area contributed by atoms with Gasteiger partial charge in [-0.1, -0.05) is 12.1 Å². The number of carboxylic acid groups (broad SMARTS) is 1. The molecule has 0 unspecified atom stereocenters. The molecule has 0 aliphatic rings. The molecule has 3 aromatic rings. The Bertz CT molecular complexity index is 1150. The molecule has 0 radical (unpaired) electrons. The number of aliphatic carboxylic acids is 1. The van der Waals surface area contributed by atoms with Crippen molar-refractivity contribution in [1.82, 2.24) is 4.57 Å². The molecule has 11 heteroatoms. The second-order valence-corrected chi connectivity index (χ2v) is 7.02. The fraction of sp³-hybridized carbons (Fsp3) is 0.227. The van der Waals surface area contributed by atoms with Crippen molar-refractivity contribution in [2.75, 3.05) is 0 Å². The van der Waals surface area contributed by atoms with Gasteiger partial charge in [-0.15, -0.1) is 0 Å². The number of benzene rings is 2. The van der Waals surface area contributed by atoms with Crippen LogP contribution in [0.3, 0.4) is 0 Å². The van der Waals surface area contributed by atoms with Gasteiger partial charge in [-0.25, -0.2) is 4.39 Å². The van der Waals surface area contributed by atoms with Crippen molar-refractivity contribution in [3.63, 3.8) is 0 Å². The maximum atomic E-state index is 13.6. The van der Waals surface area contributed by atoms with E-state index in [9.17, 15) is 35.5 Å². The summed E-state index contributed by atoms with van der Waals surface area (Å²) in [6.07, 6.45) is -9.46. The molecule has 0 aliphatic heterocycles. The SMILES string of the molecule is O=C(O)CCc1ccc(OCc2c(C(F)(F)F)ccn2-c2cccc(F)c2)cc1C(F)(F)F. The molecule has 2 aromatic carbocycles. The number of rotatable bonds is 7. The monoisotopic (exact) mass is 475 g/mol. The Hall–Kier alpha value is -3.50. The number of aromatic nitrogens is 1. The first-order valence-corrected chi connectivity index (χ1v) is 9.44. The second-order valence-electron chi connectivity index (χ2n) is 7.02. The van der Waals surface area contributed by atoms with Crippen LogP contribution in [0.5, 0.6) is 5.75 Å². The van der Waals surface area contributed by atoms with Crippen LogP contribution in [-0.2, 0) is 30.2 Å². The molecule has 0 amide bonds. The molecule has 0 atom stereocenters. The summed E-state index contributed by atoms with van der Waals surface area (Å²) in [4.78, 5) is 10.7. The Labute approximate surface area is 182 Å². The van der Waals surface area contributed by atoms with Gasteiger partial charge in [0.1, 0.15) is 18.2 Å². The zero-order valence-electron chi connectivity index (χ0n) is 16.7. The van der Waals surface area contributed by atoms with E-state index in [0.29, 0.717) is 6.07 Å². The number of hydrogen-bond donors (Lipinski definition) is 1. The van der Waals surface area contributed by atoms with E-state index in [1.807, 2.05) is 0 Å². The molecule has 3 rings (SSSR count). The molecule has 0 spiro atoms. The molecule has 1 heterocycles. The van der Waals surface area contributed by atoms with E-state index in [4.69, 9.17) is 9.84 Å². The maximum absolute atomic E-state index is 13.6. The summed E-state index contributed by atoms with van der Waals surface area (Å²) in [6, 6.07) is 8.30. The molecule has 1 aromatic heterocycles. The Kier molecular flexibility index (Phi) is 6.71. The van der Waals surface area contributed by atoms with E-state index in [2.05, 4.69) is 0 Å². The van der Waals surface area contributed by atoms with Crippen LogP contribution in [-0.4, -0.2) is 15.6 Å². The largest absolute Gasteiger partial charge is 0.487 e. The molecule has 0 fully saturated rings. The van der Waals surface area contributed by atoms with E-state index in [-0.39, 0.29) is 23.4 Å². The van der Waals surface area contributed by atoms with Gasteiger partial charge in [-0.2, -0.15) is 26.3 Å². The third-order valence-corrected chi connectivity index (χ3v) is 4.75. The number of nitrogens with zero attached hydrogens (tertiary/aromatic N) is 1. The number of carbonyl (C=O) groups is 1. The number of halogens is 7. The molecule has 33 heavy (non-hydrogen) atoms. The Balaban J connectivity index is 1.94. The number of alkyl halides is 6. The van der Waals surface area contributed by atoms with Crippen molar-refractivity contribution in [3.8, 4) is 11.4 Å². The van der Waals surface area contributed by atoms with Crippen molar-refractivity contribution in [2.24, 2.45) is 0 Å². The van der Waals surface area contributed by atoms with Crippen LogP contribution in [0.25, 0.3) is 5.69 Å². The Morgan fingerprint density at radius 2 is 1.64 bits per heavy atom. The topological polar surface area (TPSA) is 51.5 Å². The first kappa shape index (κ1) is 24.1. The predicted molar refractivity (Wildman–Crippen MR) is 102 cm³/mol. The minimum Gasteiger partial charge on any atom is -0.487 e. The zero-order valence-corrected chi connectivity index (χ0v) is 16.7. The van der Waals surface area contributed by atoms with Crippen molar-refractivity contribution >= 4 is 5.97 Å². The molecule has 4 nitrogen and oxygen atoms in total. The summed E-state index contributed by atoms with van der Waals surface area (Å²) in [5.41, 5.74) is -2.87. The quantitative estimate of drug-likeness (QED) is 0.411. The number of carboxylic acids is 1. The highest BCUT2D eigenvalue weighted by atomic mass is 19.4. The minimum absolute atomic E-state index is 0.0732. The number of ether oxygens (including phenoxy) is 1. The van der Waals surface area contributed by atoms with Crippen LogP contribution in [0.4, 0.5) is 30.7 Å². The molecule has 0 saturated carbocycles. The first-order chi connectivity index (χ1) is 15.4. The highest BCUT2D eigenvalue weighted by Crippen LogP contribution is 2.37. The molecule has 0 saturated heterocycles. The normalized spacial score (nSPS) is 12.1. The van der Waals surface area contributed by atoms with Crippen LogP contribution in [0.15, 0.2) is 54.7 Å². The van der Waals surface area contributed by atoms with Crippen molar-refractivity contribution in [3.05, 3.63) is 82.9 Å². The van der Waals surface area contributed by atoms with E-state index in [1.165, 1.54) is 12.1 Å². The van der Waals surface area contributed by atoms with Gasteiger partial charge in [0.05, 0.1) is 16.8 Å². The van der Waals surface area contributed by atoms with E-state index in [0.717, 1.165) is 41.1 Å². The molecular formula is C22H16F7NO3. The fourth-order valence-electron chi connectivity index (χ4n) is 3.26. The molecule has 1 N–H and O–H groups in total. The highest BCUT2D eigenvalue weighted by molar-refractivity contribution is 5.67. The molecule has 0 bridgehead atoms. The van der Waals surface area contributed by atoms with Gasteiger partial charge >= 0.3 is 18.3 Å². The zero-order chi connectivity index (χ0) is 24.4. The number of aryl methyl sites for hydroxylation is 1. The average molecular weight is 475 g/mol. The smallest absolute Gasteiger partial charge is 0.418 e. The van der Waals surface area contributed by atoms with E-state index in [1.54, 1.807) is 0 Å². The van der Waals surface area contributed by atoms with Crippen LogP contribution in [0.2, 0.25) is 0 Å². The van der Waals surface area contributed by atoms with Crippen LogP contribution >= 0.6 is 0 Å². The highest BCUT2D eigenvalue weighted by Gasteiger charge is 2.36. The maximum Gasteiger partial charge on any atom is 0.418 e. The fourth-order valence-corrected chi connectivity index (χ4v) is 3.26. The average Bonchev–Trinajstić information content (AvgIpc) is 3.14. The summed E-state index contributed by atoms with van der Waals surface area (Å²) in [7, 11) is 0. The third kappa shape index (κ3) is 5.85. The van der Waals surface area contributed by atoms with Gasteiger partial charge in [0.15, 0.2) is 0 Å². The second kappa shape index (κ2) is 9.16. The predicted octanol–water partition coefficient (Wildman–Crippen LogP) is 6.25. The van der Waals surface area contributed by atoms with Gasteiger partial charge in [-0.3, -0.25) is 4.79 Å². The van der Waals surface area contributed by atoms with Crippen molar-refractivity contribution < 1.29 is 45.4 Å². The lowest BCUT2D eigenvalue weighted by molar-refractivity contribution is -0.140. The van der Waals surface area contributed by atoms with Crippen LogP contribution in [0.1, 0.15) is 28.8 Å². The lowest BCUT2D eigenvalue weighted by Gasteiger charge is -2.17. The van der Waals surface area contributed by atoms with Gasteiger partial charge in [0.25, 0.3) is 0 Å². The van der Waals surface area contributed by atoms with Gasteiger partial charge in [-0.05, 0) is 48.4 Å². The standard InChI is InChI=1S/C22H16F7NO3/c23-14-2-1-3-15(10-14)30-9-8-17(21(24,25)26)19(30)12-33-16-6-4-13(5-7-20(31)32)18(11-16)22(27,28)29/h1-4,6,8-11H,5,7,12H2,(H,31,32). The lowest BCUT2D eigenvalue weighted by Crippen LogP contribution is -2.14. The third-order valence-electron chi connectivity index (χ3n) is 4.75. The summed E-state index contributed by atoms with van der Waals surface area (Å²) in [5, 5.41) is 8.72. The summed E-state index contributed by atoms with van der Waals surface area (Å²) < 4.78 is 101. The number of hydrogen-bond acceptors (Lipinski definition) is 2. The van der Waals surface area contributed by atoms with Crippen LogP contribution in [0, 0.1) is 5.82 Å². The minimum atomic E-state index is -4.83. The summed E-state index contributed by atoms with van der Waals surface area (Å²) in [5.74, 6) is -2.32. The van der Waals surface area contributed by atoms with E-state index < -0.39 is 54.0 Å². The Morgan fingerprint density at radius 3 is 2.24 bits per heavy atom. The summed E-state index contributed by atoms with van der Waals surface area (Å²) >= 11 is 0. The van der Waals surface area contributed by atoms with Gasteiger partial charge in [0, 0.05) is 18.3 Å². The Morgan fingerprint density at radius 1 is 0.939 bits per heavy atom. The first-order valence-electron chi connectivity index (χ1n) is 9.44. The lowest BCUT2D eigenvalue weighted by atomic mass is 10.0. The van der Waals surface area contributed by atoms with Gasteiger partial charge in [0.2, 0.25) is 0 Å². The molecule has 0 aliphatic carbocycles. The summed E-state index contributed by atoms with van der Waals surface area (Å²) in [6.45, 7) is -0.760. The molecule has 176 valence electrons.